The lowest BCUT2D eigenvalue weighted by molar-refractivity contribution is 0.0950. The van der Waals surface area contributed by atoms with Crippen molar-refractivity contribution in [3.8, 4) is 17.6 Å². The van der Waals surface area contributed by atoms with Crippen molar-refractivity contribution in [3.05, 3.63) is 52.5 Å². The normalized spacial score (nSPS) is 13.1. The highest BCUT2D eigenvalue weighted by Gasteiger charge is 2.36. The molecule has 11 heteroatoms. The Bertz CT molecular complexity index is 1210. The summed E-state index contributed by atoms with van der Waals surface area (Å²) in [6.07, 6.45) is 1.35. The van der Waals surface area contributed by atoms with Crippen LogP contribution >= 0.6 is 11.6 Å². The predicted octanol–water partition coefficient (Wildman–Crippen LogP) is 3.22. The van der Waals surface area contributed by atoms with Gasteiger partial charge in [0.1, 0.15) is 0 Å². The third-order valence-electron chi connectivity index (χ3n) is 6.09. The summed E-state index contributed by atoms with van der Waals surface area (Å²) >= 11 is 5.84. The van der Waals surface area contributed by atoms with E-state index in [4.69, 9.17) is 26.2 Å². The third kappa shape index (κ3) is 7.11. The summed E-state index contributed by atoms with van der Waals surface area (Å²) in [5.41, 5.74) is 0.111. The Morgan fingerprint density at radius 1 is 1.11 bits per heavy atom. The molecule has 0 aliphatic heterocycles. The van der Waals surface area contributed by atoms with Gasteiger partial charge in [-0.3, -0.25) is 4.79 Å². The first-order chi connectivity index (χ1) is 17.0. The molecule has 2 rings (SSSR count). The molecule has 196 valence electrons. The molecule has 0 unspecified atom stereocenters. The van der Waals surface area contributed by atoms with E-state index >= 15 is 0 Å². The molecule has 0 radical (unpaired) electrons. The fourth-order valence-corrected chi connectivity index (χ4v) is 5.02. The first-order valence-electron chi connectivity index (χ1n) is 11.4. The maximum atomic E-state index is 12.5. The highest BCUT2D eigenvalue weighted by molar-refractivity contribution is 7.89. The van der Waals surface area contributed by atoms with Crippen molar-refractivity contribution < 1.29 is 22.7 Å². The summed E-state index contributed by atoms with van der Waals surface area (Å²) in [7, 11) is -0.965. The molecule has 0 aliphatic carbocycles. The number of benzene rings is 2. The first kappa shape index (κ1) is 29.4. The Morgan fingerprint density at radius 2 is 1.81 bits per heavy atom. The van der Waals surface area contributed by atoms with E-state index in [0.29, 0.717) is 31.0 Å². The third-order valence-corrected chi connectivity index (χ3v) is 7.28. The number of sulfonamides is 1. The molecule has 9 nitrogen and oxygen atoms in total. The number of nitrogens with zero attached hydrogens (tertiary/aromatic N) is 1. The van der Waals surface area contributed by atoms with Crippen molar-refractivity contribution in [1.82, 2.24) is 10.6 Å². The molecule has 0 heterocycles. The molecule has 36 heavy (non-hydrogen) atoms. The van der Waals surface area contributed by atoms with Crippen LogP contribution in [-0.4, -0.2) is 48.2 Å². The molecule has 0 saturated carbocycles. The van der Waals surface area contributed by atoms with Crippen LogP contribution in [0.2, 0.25) is 5.02 Å². The SMILES string of the molecule is COc1ccc([C@](C#N)(CCCNCCNC(=O)c2ccc(Cl)cc2S(N)(=O)=O)C(C)C)cc1OC. The van der Waals surface area contributed by atoms with Crippen molar-refractivity contribution in [3.63, 3.8) is 0 Å². The molecule has 0 spiro atoms. The largest absolute Gasteiger partial charge is 0.493 e. The highest BCUT2D eigenvalue weighted by atomic mass is 35.5. The number of carbonyl (C=O) groups excluding carboxylic acids is 1. The van der Waals surface area contributed by atoms with Crippen LogP contribution in [0.3, 0.4) is 0 Å². The fraction of sp³-hybridized carbons (Fsp3) is 0.440. The Labute approximate surface area is 218 Å². The molecule has 2 aromatic carbocycles. The molecule has 0 aliphatic rings. The van der Waals surface area contributed by atoms with E-state index in [1.165, 1.54) is 12.1 Å². The molecule has 0 aromatic heterocycles. The minimum atomic E-state index is -4.10. The Balaban J connectivity index is 1.93. The zero-order chi connectivity index (χ0) is 26.9. The van der Waals surface area contributed by atoms with Gasteiger partial charge >= 0.3 is 0 Å². The van der Waals surface area contributed by atoms with Gasteiger partial charge in [0.25, 0.3) is 5.91 Å². The number of halogens is 1. The van der Waals surface area contributed by atoms with Crippen LogP contribution in [0.1, 0.15) is 42.6 Å². The van der Waals surface area contributed by atoms with Gasteiger partial charge in [0.05, 0.1) is 36.2 Å². The minimum absolute atomic E-state index is 0.0623. The van der Waals surface area contributed by atoms with Crippen molar-refractivity contribution in [1.29, 1.82) is 5.26 Å². The average molecular weight is 537 g/mol. The number of amides is 1. The number of carbonyl (C=O) groups is 1. The smallest absolute Gasteiger partial charge is 0.252 e. The topological polar surface area (TPSA) is 144 Å². The lowest BCUT2D eigenvalue weighted by Gasteiger charge is -2.32. The van der Waals surface area contributed by atoms with Crippen LogP contribution in [0.25, 0.3) is 0 Å². The number of primary sulfonamides is 1. The number of ether oxygens (including phenoxy) is 2. The summed E-state index contributed by atoms with van der Waals surface area (Å²) in [5, 5.41) is 21.4. The van der Waals surface area contributed by atoms with Crippen molar-refractivity contribution in [2.45, 2.75) is 37.0 Å². The van der Waals surface area contributed by atoms with Gasteiger partial charge in [-0.05, 0) is 61.2 Å². The average Bonchev–Trinajstić information content (AvgIpc) is 2.84. The zero-order valence-electron chi connectivity index (χ0n) is 20.9. The molecule has 0 fully saturated rings. The van der Waals surface area contributed by atoms with Crippen molar-refractivity contribution in [2.24, 2.45) is 11.1 Å². The molecule has 0 bridgehead atoms. The summed E-state index contributed by atoms with van der Waals surface area (Å²) in [6.45, 7) is 5.41. The Kier molecular flexibility index (Phi) is 10.5. The molecular formula is C25H33ClN4O5S. The Hall–Kier alpha value is -2.84. The first-order valence-corrected chi connectivity index (χ1v) is 13.4. The second-order valence-electron chi connectivity index (χ2n) is 8.60. The number of nitrogens with two attached hydrogens (primary N) is 1. The van der Waals surface area contributed by atoms with Gasteiger partial charge in [0.15, 0.2) is 11.5 Å². The highest BCUT2D eigenvalue weighted by Crippen LogP contribution is 2.40. The number of hydrogen-bond donors (Lipinski definition) is 3. The van der Waals surface area contributed by atoms with Gasteiger partial charge in [-0.2, -0.15) is 5.26 Å². The number of hydrogen-bond acceptors (Lipinski definition) is 7. The van der Waals surface area contributed by atoms with Crippen LogP contribution in [0.15, 0.2) is 41.3 Å². The number of nitrogens with one attached hydrogen (secondary N) is 2. The fourth-order valence-electron chi connectivity index (χ4n) is 4.03. The quantitative estimate of drug-likeness (QED) is 0.333. The van der Waals surface area contributed by atoms with Gasteiger partial charge in [-0.1, -0.05) is 31.5 Å². The molecule has 1 amide bonds. The zero-order valence-corrected chi connectivity index (χ0v) is 22.5. The van der Waals surface area contributed by atoms with Gasteiger partial charge in [0.2, 0.25) is 10.0 Å². The lowest BCUT2D eigenvalue weighted by atomic mass is 9.70. The summed E-state index contributed by atoms with van der Waals surface area (Å²) in [6, 6.07) is 12.0. The minimum Gasteiger partial charge on any atom is -0.493 e. The van der Waals surface area contributed by atoms with E-state index < -0.39 is 21.3 Å². The second-order valence-corrected chi connectivity index (χ2v) is 10.6. The van der Waals surface area contributed by atoms with Crippen LogP contribution in [0, 0.1) is 17.2 Å². The van der Waals surface area contributed by atoms with E-state index in [-0.39, 0.29) is 27.9 Å². The standard InChI is InChI=1S/C25H33ClN4O5S/c1-17(2)25(16-27,18-6-9-21(34-3)22(14-18)35-4)10-5-11-29-12-13-30-24(31)20-8-7-19(26)15-23(20)36(28,32)33/h6-9,14-15,17,29H,5,10-13H2,1-4H3,(H,30,31)(H2,28,32,33)/t25-/m0/s1. The molecule has 0 saturated heterocycles. The van der Waals surface area contributed by atoms with Crippen LogP contribution < -0.4 is 25.2 Å². The van der Waals surface area contributed by atoms with Crippen molar-refractivity contribution in [2.75, 3.05) is 33.9 Å². The van der Waals surface area contributed by atoms with Crippen LogP contribution in [0.4, 0.5) is 0 Å². The molecular weight excluding hydrogens is 504 g/mol. The maximum absolute atomic E-state index is 12.5. The molecule has 2 aromatic rings. The van der Waals surface area contributed by atoms with E-state index in [0.717, 1.165) is 18.1 Å². The van der Waals surface area contributed by atoms with Gasteiger partial charge in [-0.25, -0.2) is 13.6 Å². The predicted molar refractivity (Wildman–Crippen MR) is 139 cm³/mol. The monoisotopic (exact) mass is 536 g/mol. The summed E-state index contributed by atoms with van der Waals surface area (Å²) in [5.74, 6) is 0.687. The molecule has 4 N–H and O–H groups in total. The second kappa shape index (κ2) is 12.9. The van der Waals surface area contributed by atoms with Crippen molar-refractivity contribution >= 4 is 27.5 Å². The maximum Gasteiger partial charge on any atom is 0.252 e. The lowest BCUT2D eigenvalue weighted by Crippen LogP contribution is -2.35. The Morgan fingerprint density at radius 3 is 2.39 bits per heavy atom. The number of nitriles is 1. The summed E-state index contributed by atoms with van der Waals surface area (Å²) in [4.78, 5) is 12.1. The van der Waals surface area contributed by atoms with Crippen LogP contribution in [-0.2, 0) is 15.4 Å². The number of rotatable bonds is 13. The van der Waals surface area contributed by atoms with E-state index in [1.807, 2.05) is 32.0 Å². The van der Waals surface area contributed by atoms with E-state index in [1.54, 1.807) is 14.2 Å². The van der Waals surface area contributed by atoms with Crippen LogP contribution in [0.5, 0.6) is 11.5 Å². The van der Waals surface area contributed by atoms with E-state index in [2.05, 4.69) is 16.7 Å². The molecule has 1 atom stereocenters. The van der Waals surface area contributed by atoms with E-state index in [9.17, 15) is 18.5 Å². The number of methoxy groups -OCH3 is 2. The summed E-state index contributed by atoms with van der Waals surface area (Å²) < 4.78 is 34.3. The van der Waals surface area contributed by atoms with Gasteiger partial charge < -0.3 is 20.1 Å². The van der Waals surface area contributed by atoms with Gasteiger partial charge in [-0.15, -0.1) is 0 Å². The van der Waals surface area contributed by atoms with Gasteiger partial charge in [0, 0.05) is 18.1 Å².